The molecule has 1 heterocycles. The lowest BCUT2D eigenvalue weighted by Gasteiger charge is -2.27. The highest BCUT2D eigenvalue weighted by Crippen LogP contribution is 2.32. The van der Waals surface area contributed by atoms with E-state index in [0.717, 1.165) is 24.8 Å². The van der Waals surface area contributed by atoms with Gasteiger partial charge in [-0.2, -0.15) is 0 Å². The number of rotatable bonds is 3. The van der Waals surface area contributed by atoms with Crippen LogP contribution < -0.4 is 4.74 Å². The van der Waals surface area contributed by atoms with Crippen LogP contribution in [0, 0.1) is 0 Å². The number of aliphatic hydroxyl groups is 1. The van der Waals surface area contributed by atoms with E-state index in [0.29, 0.717) is 32.1 Å². The normalized spacial score (nSPS) is 21.8. The molecule has 0 saturated carbocycles. The van der Waals surface area contributed by atoms with Gasteiger partial charge in [-0.25, -0.2) is 0 Å². The van der Waals surface area contributed by atoms with Gasteiger partial charge >= 0.3 is 0 Å². The third-order valence-electron chi connectivity index (χ3n) is 4.13. The molecule has 21 heavy (non-hydrogen) atoms. The van der Waals surface area contributed by atoms with Crippen LogP contribution in [-0.4, -0.2) is 48.8 Å². The van der Waals surface area contributed by atoms with Crippen LogP contribution in [0.5, 0.6) is 5.75 Å². The SMILES string of the molecule is O=C(COc1ccc2c(c1)C(O)CCC2)N1CCOCC1. The molecular formula is C16H21NO4. The number of fused-ring (bicyclic) bond motifs is 1. The molecule has 1 unspecified atom stereocenters. The first kappa shape index (κ1) is 14.4. The van der Waals surface area contributed by atoms with E-state index in [1.807, 2.05) is 18.2 Å². The minimum atomic E-state index is -0.410. The van der Waals surface area contributed by atoms with Crippen molar-refractivity contribution in [2.24, 2.45) is 0 Å². The Morgan fingerprint density at radius 2 is 2.19 bits per heavy atom. The van der Waals surface area contributed by atoms with Crippen LogP contribution in [0.25, 0.3) is 0 Å². The van der Waals surface area contributed by atoms with Gasteiger partial charge in [0.2, 0.25) is 0 Å². The summed E-state index contributed by atoms with van der Waals surface area (Å²) < 4.78 is 10.8. The summed E-state index contributed by atoms with van der Waals surface area (Å²) >= 11 is 0. The molecule has 5 heteroatoms. The smallest absolute Gasteiger partial charge is 0.260 e. The summed E-state index contributed by atoms with van der Waals surface area (Å²) in [5, 5.41) is 10.0. The van der Waals surface area contributed by atoms with Crippen LogP contribution in [0.2, 0.25) is 0 Å². The van der Waals surface area contributed by atoms with E-state index in [9.17, 15) is 9.90 Å². The molecule has 1 aromatic rings. The monoisotopic (exact) mass is 291 g/mol. The molecule has 1 amide bonds. The molecule has 1 N–H and O–H groups in total. The summed E-state index contributed by atoms with van der Waals surface area (Å²) in [7, 11) is 0. The molecule has 0 spiro atoms. The number of carbonyl (C=O) groups is 1. The maximum absolute atomic E-state index is 12.0. The molecule has 5 nitrogen and oxygen atoms in total. The average Bonchev–Trinajstić information content (AvgIpc) is 2.54. The zero-order chi connectivity index (χ0) is 14.7. The first-order chi connectivity index (χ1) is 10.2. The number of aliphatic hydroxyl groups excluding tert-OH is 1. The van der Waals surface area contributed by atoms with Crippen LogP contribution in [0.1, 0.15) is 30.1 Å². The van der Waals surface area contributed by atoms with Gasteiger partial charge in [0, 0.05) is 13.1 Å². The predicted molar refractivity (Wildman–Crippen MR) is 77.2 cm³/mol. The Bertz CT molecular complexity index is 511. The van der Waals surface area contributed by atoms with Crippen LogP contribution in [0.4, 0.5) is 0 Å². The van der Waals surface area contributed by atoms with Crippen molar-refractivity contribution in [3.05, 3.63) is 29.3 Å². The number of aryl methyl sites for hydroxylation is 1. The second kappa shape index (κ2) is 6.45. The van der Waals surface area contributed by atoms with E-state index in [1.165, 1.54) is 5.56 Å². The van der Waals surface area contributed by atoms with Crippen LogP contribution >= 0.6 is 0 Å². The Kier molecular flexibility index (Phi) is 4.41. The predicted octanol–water partition coefficient (Wildman–Crippen LogP) is 1.29. The molecule has 3 rings (SSSR count). The first-order valence-electron chi connectivity index (χ1n) is 7.53. The summed E-state index contributed by atoms with van der Waals surface area (Å²) in [4.78, 5) is 13.8. The van der Waals surface area contributed by atoms with E-state index in [-0.39, 0.29) is 12.5 Å². The van der Waals surface area contributed by atoms with Gasteiger partial charge in [0.25, 0.3) is 5.91 Å². The van der Waals surface area contributed by atoms with Crippen molar-refractivity contribution in [1.82, 2.24) is 4.90 Å². The Labute approximate surface area is 124 Å². The number of amides is 1. The van der Waals surface area contributed by atoms with E-state index in [4.69, 9.17) is 9.47 Å². The number of carbonyl (C=O) groups excluding carboxylic acids is 1. The maximum atomic E-state index is 12.0. The Balaban J connectivity index is 1.60. The van der Waals surface area contributed by atoms with E-state index < -0.39 is 6.10 Å². The molecule has 0 bridgehead atoms. The lowest BCUT2D eigenvalue weighted by atomic mass is 9.89. The van der Waals surface area contributed by atoms with Crippen molar-refractivity contribution in [3.63, 3.8) is 0 Å². The Morgan fingerprint density at radius 1 is 1.38 bits per heavy atom. The highest BCUT2D eigenvalue weighted by molar-refractivity contribution is 5.77. The number of ether oxygens (including phenoxy) is 2. The van der Waals surface area contributed by atoms with Gasteiger partial charge in [0.05, 0.1) is 19.3 Å². The molecule has 1 saturated heterocycles. The van der Waals surface area contributed by atoms with Crippen molar-refractivity contribution in [3.8, 4) is 5.75 Å². The van der Waals surface area contributed by atoms with Gasteiger partial charge in [-0.1, -0.05) is 6.07 Å². The number of nitrogens with zero attached hydrogens (tertiary/aromatic N) is 1. The second-order valence-corrected chi connectivity index (χ2v) is 5.55. The summed E-state index contributed by atoms with van der Waals surface area (Å²) in [6.07, 6.45) is 2.40. The largest absolute Gasteiger partial charge is 0.484 e. The van der Waals surface area contributed by atoms with Gasteiger partial charge < -0.3 is 19.5 Å². The van der Waals surface area contributed by atoms with E-state index >= 15 is 0 Å². The zero-order valence-electron chi connectivity index (χ0n) is 12.1. The highest BCUT2D eigenvalue weighted by atomic mass is 16.5. The lowest BCUT2D eigenvalue weighted by molar-refractivity contribution is -0.137. The van der Waals surface area contributed by atoms with Crippen molar-refractivity contribution in [2.45, 2.75) is 25.4 Å². The number of hydrogen-bond donors (Lipinski definition) is 1. The van der Waals surface area contributed by atoms with Crippen LogP contribution in [0.3, 0.4) is 0 Å². The fourth-order valence-corrected chi connectivity index (χ4v) is 2.89. The van der Waals surface area contributed by atoms with Crippen molar-refractivity contribution in [1.29, 1.82) is 0 Å². The van der Waals surface area contributed by atoms with E-state index in [1.54, 1.807) is 4.90 Å². The molecule has 0 aromatic heterocycles. The lowest BCUT2D eigenvalue weighted by Crippen LogP contribution is -2.42. The molecule has 1 aliphatic carbocycles. The minimum absolute atomic E-state index is 0.0171. The minimum Gasteiger partial charge on any atom is -0.484 e. The topological polar surface area (TPSA) is 59.0 Å². The summed E-state index contributed by atoms with van der Waals surface area (Å²) in [6.45, 7) is 2.48. The van der Waals surface area contributed by atoms with Crippen LogP contribution in [-0.2, 0) is 16.0 Å². The number of morpholine rings is 1. The van der Waals surface area contributed by atoms with Crippen molar-refractivity contribution >= 4 is 5.91 Å². The van der Waals surface area contributed by atoms with Crippen LogP contribution in [0.15, 0.2) is 18.2 Å². The average molecular weight is 291 g/mol. The fourth-order valence-electron chi connectivity index (χ4n) is 2.89. The molecule has 1 aliphatic heterocycles. The van der Waals surface area contributed by atoms with Gasteiger partial charge in [-0.3, -0.25) is 4.79 Å². The van der Waals surface area contributed by atoms with Crippen molar-refractivity contribution < 1.29 is 19.4 Å². The number of benzene rings is 1. The van der Waals surface area contributed by atoms with Gasteiger partial charge in [-0.15, -0.1) is 0 Å². The molecular weight excluding hydrogens is 270 g/mol. The fraction of sp³-hybridized carbons (Fsp3) is 0.562. The summed E-state index contributed by atoms with van der Waals surface area (Å²) in [6, 6.07) is 5.74. The third-order valence-corrected chi connectivity index (χ3v) is 4.13. The molecule has 1 aromatic carbocycles. The quantitative estimate of drug-likeness (QED) is 0.912. The van der Waals surface area contributed by atoms with Gasteiger partial charge in [0.15, 0.2) is 6.61 Å². The molecule has 1 fully saturated rings. The Morgan fingerprint density at radius 3 is 3.00 bits per heavy atom. The standard InChI is InChI=1S/C16H21NO4/c18-15-3-1-2-12-4-5-13(10-14(12)15)21-11-16(19)17-6-8-20-9-7-17/h4-5,10,15,18H,1-3,6-9,11H2. The summed E-state index contributed by atoms with van der Waals surface area (Å²) in [5.74, 6) is 0.632. The Hall–Kier alpha value is -1.59. The maximum Gasteiger partial charge on any atom is 0.260 e. The van der Waals surface area contributed by atoms with Gasteiger partial charge in [-0.05, 0) is 42.5 Å². The third kappa shape index (κ3) is 3.36. The summed E-state index contributed by atoms with van der Waals surface area (Å²) in [5.41, 5.74) is 2.12. The van der Waals surface area contributed by atoms with Gasteiger partial charge in [0.1, 0.15) is 5.75 Å². The zero-order valence-corrected chi connectivity index (χ0v) is 12.1. The van der Waals surface area contributed by atoms with Crippen molar-refractivity contribution in [2.75, 3.05) is 32.9 Å². The molecule has 0 radical (unpaired) electrons. The van der Waals surface area contributed by atoms with E-state index in [2.05, 4.69) is 0 Å². The highest BCUT2D eigenvalue weighted by Gasteiger charge is 2.20. The second-order valence-electron chi connectivity index (χ2n) is 5.55. The molecule has 2 aliphatic rings. The first-order valence-corrected chi connectivity index (χ1v) is 7.53. The number of hydrogen-bond acceptors (Lipinski definition) is 4. The molecule has 1 atom stereocenters. The molecule has 114 valence electrons.